The van der Waals surface area contributed by atoms with Crippen molar-refractivity contribution in [2.45, 2.75) is 0 Å². The van der Waals surface area contributed by atoms with Crippen molar-refractivity contribution in [3.05, 3.63) is 121 Å². The van der Waals surface area contributed by atoms with E-state index < -0.39 is 0 Å². The third-order valence-electron chi connectivity index (χ3n) is 4.77. The summed E-state index contributed by atoms with van der Waals surface area (Å²) >= 11 is 0. The molecule has 0 N–H and O–H groups in total. The van der Waals surface area contributed by atoms with Gasteiger partial charge >= 0.3 is 0 Å². The minimum Gasteiger partial charge on any atom is -0.0984 e. The second-order valence-electron chi connectivity index (χ2n) is 6.39. The molecule has 0 radical (unpaired) electrons. The fourth-order valence-electron chi connectivity index (χ4n) is 3.46. The first-order valence-electron chi connectivity index (χ1n) is 8.77. The Morgan fingerprint density at radius 1 is 0.692 bits per heavy atom. The molecule has 4 rings (SSSR count). The molecule has 0 heterocycles. The van der Waals surface area contributed by atoms with Crippen LogP contribution in [0.4, 0.5) is 0 Å². The molecule has 0 fully saturated rings. The molecule has 0 nitrogen and oxygen atoms in total. The molecule has 0 amide bonds. The predicted octanol–water partition coefficient (Wildman–Crippen LogP) is 7.28. The van der Waals surface area contributed by atoms with Crippen molar-refractivity contribution in [1.29, 1.82) is 0 Å². The third kappa shape index (κ3) is 2.87. The van der Waals surface area contributed by atoms with Gasteiger partial charge in [-0.15, -0.1) is 0 Å². The van der Waals surface area contributed by atoms with Crippen LogP contribution in [0.5, 0.6) is 0 Å². The number of hydrogen-bond donors (Lipinski definition) is 0. The Morgan fingerprint density at radius 2 is 1.31 bits per heavy atom. The molecule has 0 saturated heterocycles. The molecule has 0 spiro atoms. The first kappa shape index (κ1) is 16.1. The second kappa shape index (κ2) is 6.85. The molecule has 4 aromatic carbocycles. The Hall–Kier alpha value is -3.38. The van der Waals surface area contributed by atoms with Crippen LogP contribution in [-0.4, -0.2) is 0 Å². The molecule has 0 aliphatic rings. The van der Waals surface area contributed by atoms with Gasteiger partial charge in [0.25, 0.3) is 0 Å². The highest BCUT2D eigenvalue weighted by atomic mass is 14.1. The highest BCUT2D eigenvalue weighted by molar-refractivity contribution is 6.13. The molecular formula is C26H20. The van der Waals surface area contributed by atoms with Crippen molar-refractivity contribution >= 4 is 32.7 Å². The van der Waals surface area contributed by atoms with Gasteiger partial charge in [-0.05, 0) is 56.0 Å². The minimum absolute atomic E-state index is 0.984. The van der Waals surface area contributed by atoms with E-state index in [2.05, 4.69) is 86.0 Å². The topological polar surface area (TPSA) is 0 Å². The highest BCUT2D eigenvalue weighted by Crippen LogP contribution is 2.34. The van der Waals surface area contributed by atoms with E-state index >= 15 is 0 Å². The van der Waals surface area contributed by atoms with Gasteiger partial charge in [-0.25, -0.2) is 0 Å². The lowest BCUT2D eigenvalue weighted by Crippen LogP contribution is -1.88. The maximum atomic E-state index is 4.26. The van der Waals surface area contributed by atoms with Crippen molar-refractivity contribution in [2.75, 3.05) is 0 Å². The normalized spacial score (nSPS) is 11.6. The largest absolute Gasteiger partial charge is 0.0984 e. The van der Waals surface area contributed by atoms with E-state index in [1.807, 2.05) is 24.3 Å². The summed E-state index contributed by atoms with van der Waals surface area (Å²) in [5.74, 6) is 0. The molecule has 0 heteroatoms. The van der Waals surface area contributed by atoms with Crippen molar-refractivity contribution in [3.8, 4) is 0 Å². The standard InChI is InChI=1S/C26H20/c1-3-20(17-19(2)21-11-5-4-6-12-21)26-18-22-13-7-8-14-23(22)24-15-9-10-16-25(24)26/h3-18H,1-2H2/b20-17+. The quantitative estimate of drug-likeness (QED) is 0.272. The maximum absolute atomic E-state index is 4.26. The Bertz CT molecular complexity index is 1140. The highest BCUT2D eigenvalue weighted by Gasteiger charge is 2.09. The average molecular weight is 332 g/mol. The van der Waals surface area contributed by atoms with Crippen molar-refractivity contribution < 1.29 is 0 Å². The molecule has 0 atom stereocenters. The third-order valence-corrected chi connectivity index (χ3v) is 4.77. The lowest BCUT2D eigenvalue weighted by molar-refractivity contribution is 1.62. The number of benzene rings is 4. The van der Waals surface area contributed by atoms with Gasteiger partial charge in [0.2, 0.25) is 0 Å². The molecule has 0 unspecified atom stereocenters. The summed E-state index contributed by atoms with van der Waals surface area (Å²) in [6.45, 7) is 8.32. The molecule has 0 aromatic heterocycles. The Labute approximate surface area is 154 Å². The number of hydrogen-bond acceptors (Lipinski definition) is 0. The van der Waals surface area contributed by atoms with E-state index in [0.717, 1.165) is 16.7 Å². The van der Waals surface area contributed by atoms with Gasteiger partial charge in [-0.3, -0.25) is 0 Å². The summed E-state index contributed by atoms with van der Waals surface area (Å²) in [6, 6.07) is 29.6. The maximum Gasteiger partial charge on any atom is -0.00990 e. The summed E-state index contributed by atoms with van der Waals surface area (Å²) in [5.41, 5.74) is 4.38. The SMILES string of the molecule is C=C/C(=C\C(=C)c1ccccc1)c1cc2ccccc2c2ccccc12. The number of fused-ring (bicyclic) bond motifs is 3. The summed E-state index contributed by atoms with van der Waals surface area (Å²) in [7, 11) is 0. The van der Waals surface area contributed by atoms with Crippen LogP contribution >= 0.6 is 0 Å². The van der Waals surface area contributed by atoms with Crippen LogP contribution in [0.3, 0.4) is 0 Å². The van der Waals surface area contributed by atoms with Gasteiger partial charge in [-0.2, -0.15) is 0 Å². The van der Waals surface area contributed by atoms with Gasteiger partial charge < -0.3 is 0 Å². The molecular weight excluding hydrogens is 312 g/mol. The van der Waals surface area contributed by atoms with Crippen molar-refractivity contribution in [1.82, 2.24) is 0 Å². The van der Waals surface area contributed by atoms with Gasteiger partial charge in [0, 0.05) is 0 Å². The van der Waals surface area contributed by atoms with Crippen LogP contribution in [0.2, 0.25) is 0 Å². The van der Waals surface area contributed by atoms with Gasteiger partial charge in [0.15, 0.2) is 0 Å². The zero-order valence-electron chi connectivity index (χ0n) is 14.7. The van der Waals surface area contributed by atoms with Gasteiger partial charge in [0.05, 0.1) is 0 Å². The van der Waals surface area contributed by atoms with Crippen LogP contribution in [0.25, 0.3) is 32.7 Å². The van der Waals surface area contributed by atoms with Crippen LogP contribution in [-0.2, 0) is 0 Å². The summed E-state index contributed by atoms with van der Waals surface area (Å²) in [6.07, 6.45) is 4.05. The van der Waals surface area contributed by atoms with E-state index in [1.54, 1.807) is 0 Å². The van der Waals surface area contributed by atoms with Crippen LogP contribution < -0.4 is 0 Å². The summed E-state index contributed by atoms with van der Waals surface area (Å²) in [5, 5.41) is 5.01. The van der Waals surface area contributed by atoms with E-state index in [4.69, 9.17) is 0 Å². The first-order valence-corrected chi connectivity index (χ1v) is 8.77. The predicted molar refractivity (Wildman–Crippen MR) is 115 cm³/mol. The van der Waals surface area contributed by atoms with Crippen molar-refractivity contribution in [3.63, 3.8) is 0 Å². The molecule has 0 saturated carbocycles. The minimum atomic E-state index is 0.984. The Morgan fingerprint density at radius 3 is 2.04 bits per heavy atom. The number of allylic oxidation sites excluding steroid dienone is 4. The molecule has 0 aliphatic heterocycles. The van der Waals surface area contributed by atoms with E-state index in [1.165, 1.54) is 27.1 Å². The Kier molecular flexibility index (Phi) is 4.25. The van der Waals surface area contributed by atoms with Gasteiger partial charge in [-0.1, -0.05) is 98.1 Å². The van der Waals surface area contributed by atoms with Gasteiger partial charge in [0.1, 0.15) is 0 Å². The van der Waals surface area contributed by atoms with Crippen LogP contribution in [0.15, 0.2) is 110 Å². The molecule has 0 bridgehead atoms. The molecule has 4 aromatic rings. The van der Waals surface area contributed by atoms with E-state index in [0.29, 0.717) is 0 Å². The van der Waals surface area contributed by atoms with E-state index in [9.17, 15) is 0 Å². The Balaban J connectivity index is 1.95. The zero-order chi connectivity index (χ0) is 17.9. The van der Waals surface area contributed by atoms with Crippen LogP contribution in [0, 0.1) is 0 Å². The van der Waals surface area contributed by atoms with Crippen LogP contribution in [0.1, 0.15) is 11.1 Å². The lowest BCUT2D eigenvalue weighted by Gasteiger charge is -2.12. The first-order chi connectivity index (χ1) is 12.8. The molecule has 124 valence electrons. The smallest absolute Gasteiger partial charge is 0.00990 e. The number of rotatable bonds is 4. The summed E-state index contributed by atoms with van der Waals surface area (Å²) in [4.78, 5) is 0. The molecule has 0 aliphatic carbocycles. The second-order valence-corrected chi connectivity index (χ2v) is 6.39. The van der Waals surface area contributed by atoms with E-state index in [-0.39, 0.29) is 0 Å². The molecule has 26 heavy (non-hydrogen) atoms. The fourth-order valence-corrected chi connectivity index (χ4v) is 3.46. The zero-order valence-corrected chi connectivity index (χ0v) is 14.7. The fraction of sp³-hybridized carbons (Fsp3) is 0. The monoisotopic (exact) mass is 332 g/mol. The lowest BCUT2D eigenvalue weighted by atomic mass is 9.92. The summed E-state index contributed by atoms with van der Waals surface area (Å²) < 4.78 is 0. The van der Waals surface area contributed by atoms with Crippen molar-refractivity contribution in [2.24, 2.45) is 0 Å². The average Bonchev–Trinajstić information content (AvgIpc) is 2.72.